The first-order valence-electron chi connectivity index (χ1n) is 2.28. The van der Waals surface area contributed by atoms with Gasteiger partial charge in [0.25, 0.3) is 0 Å². The van der Waals surface area contributed by atoms with Gasteiger partial charge in [-0.15, -0.1) is 0 Å². The van der Waals surface area contributed by atoms with Crippen LogP contribution in [0.25, 0.3) is 0 Å². The average Bonchev–Trinajstić information content (AvgIpc) is 1.68. The molecule has 0 aliphatic rings. The summed E-state index contributed by atoms with van der Waals surface area (Å²) in [4.78, 5) is 3.97. The van der Waals surface area contributed by atoms with Gasteiger partial charge in [-0.3, -0.25) is 4.99 Å². The monoisotopic (exact) mass is 221 g/mol. The molecule has 0 atom stereocenters. The van der Waals surface area contributed by atoms with Gasteiger partial charge in [-0.25, -0.2) is 0 Å². The van der Waals surface area contributed by atoms with Crippen molar-refractivity contribution in [2.45, 2.75) is 6.92 Å². The lowest BCUT2D eigenvalue weighted by atomic mass is 10.6. The van der Waals surface area contributed by atoms with Gasteiger partial charge in [-0.05, 0) is 35.6 Å². The Labute approximate surface area is 63.3 Å². The molecule has 0 aromatic rings. The molecule has 1 nitrogen and oxygen atoms in total. The van der Waals surface area contributed by atoms with Crippen LogP contribution in [0.5, 0.6) is 0 Å². The quantitative estimate of drug-likeness (QED) is 0.294. The molecule has 0 aromatic heterocycles. The standard InChI is InChI=1S/C6H8IN/c1-3-5-6(7)8-4-2/h3-5H,1H2,2H3/b6-5-,8-4-. The van der Waals surface area contributed by atoms with E-state index in [1.54, 1.807) is 12.3 Å². The zero-order valence-corrected chi connectivity index (χ0v) is 6.92. The van der Waals surface area contributed by atoms with Gasteiger partial charge in [-0.1, -0.05) is 12.7 Å². The fourth-order valence-electron chi connectivity index (χ4n) is 0.264. The summed E-state index contributed by atoms with van der Waals surface area (Å²) in [5, 5.41) is 0. The molecule has 0 saturated heterocycles. The maximum Gasteiger partial charge on any atom is 0.100 e. The Kier molecular flexibility index (Phi) is 4.95. The van der Waals surface area contributed by atoms with E-state index in [1.165, 1.54) is 0 Å². The lowest BCUT2D eigenvalue weighted by Gasteiger charge is -1.80. The van der Waals surface area contributed by atoms with Gasteiger partial charge in [-0.2, -0.15) is 0 Å². The maximum atomic E-state index is 3.97. The highest BCUT2D eigenvalue weighted by molar-refractivity contribution is 14.1. The minimum atomic E-state index is 0.958. The molecule has 8 heavy (non-hydrogen) atoms. The summed E-state index contributed by atoms with van der Waals surface area (Å²) in [7, 11) is 0. The van der Waals surface area contributed by atoms with Crippen LogP contribution in [0.2, 0.25) is 0 Å². The maximum absolute atomic E-state index is 3.97. The van der Waals surface area contributed by atoms with E-state index in [-0.39, 0.29) is 0 Å². The molecule has 0 aromatic carbocycles. The predicted octanol–water partition coefficient (Wildman–Crippen LogP) is 2.54. The number of nitrogens with zero attached hydrogens (tertiary/aromatic N) is 1. The van der Waals surface area contributed by atoms with Crippen LogP contribution in [0, 0.1) is 0 Å². The van der Waals surface area contributed by atoms with Crippen LogP contribution in [-0.2, 0) is 0 Å². The van der Waals surface area contributed by atoms with Crippen molar-refractivity contribution in [3.05, 3.63) is 22.4 Å². The summed E-state index contributed by atoms with van der Waals surface area (Å²) in [5.41, 5.74) is 0. The molecule has 0 aliphatic carbocycles. The van der Waals surface area contributed by atoms with Crippen LogP contribution in [0.1, 0.15) is 6.92 Å². The van der Waals surface area contributed by atoms with Gasteiger partial charge < -0.3 is 0 Å². The summed E-state index contributed by atoms with van der Waals surface area (Å²) in [5.74, 6) is 0. The zero-order chi connectivity index (χ0) is 6.41. The number of hydrogen-bond donors (Lipinski definition) is 0. The van der Waals surface area contributed by atoms with Crippen LogP contribution < -0.4 is 0 Å². The average molecular weight is 221 g/mol. The Bertz CT molecular complexity index is 124. The van der Waals surface area contributed by atoms with E-state index in [0.29, 0.717) is 0 Å². The van der Waals surface area contributed by atoms with Crippen molar-refractivity contribution in [3.63, 3.8) is 0 Å². The van der Waals surface area contributed by atoms with Gasteiger partial charge in [0.15, 0.2) is 0 Å². The number of halogens is 1. The third kappa shape index (κ3) is 4.05. The molecule has 0 radical (unpaired) electrons. The molecule has 0 amide bonds. The third-order valence-electron chi connectivity index (χ3n) is 0.508. The first-order valence-corrected chi connectivity index (χ1v) is 3.36. The van der Waals surface area contributed by atoms with Gasteiger partial charge in [0.2, 0.25) is 0 Å². The molecular weight excluding hydrogens is 213 g/mol. The van der Waals surface area contributed by atoms with E-state index >= 15 is 0 Å². The van der Waals surface area contributed by atoms with E-state index in [1.807, 2.05) is 13.0 Å². The van der Waals surface area contributed by atoms with Crippen molar-refractivity contribution >= 4 is 28.8 Å². The summed E-state index contributed by atoms with van der Waals surface area (Å²) >= 11 is 2.13. The highest BCUT2D eigenvalue weighted by Gasteiger charge is 1.75. The summed E-state index contributed by atoms with van der Waals surface area (Å²) in [6, 6.07) is 0. The first-order chi connectivity index (χ1) is 3.81. The molecule has 44 valence electrons. The molecule has 0 saturated carbocycles. The van der Waals surface area contributed by atoms with E-state index in [9.17, 15) is 0 Å². The Morgan fingerprint density at radius 3 is 2.75 bits per heavy atom. The van der Waals surface area contributed by atoms with E-state index in [0.717, 1.165) is 3.70 Å². The predicted molar refractivity (Wildman–Crippen MR) is 46.5 cm³/mol. The van der Waals surface area contributed by atoms with Crippen molar-refractivity contribution in [3.8, 4) is 0 Å². The second kappa shape index (κ2) is 5.03. The molecule has 2 heteroatoms. The van der Waals surface area contributed by atoms with Crippen molar-refractivity contribution in [1.29, 1.82) is 0 Å². The minimum absolute atomic E-state index is 0.958. The van der Waals surface area contributed by atoms with E-state index in [4.69, 9.17) is 0 Å². The SMILES string of the molecule is C=C/C=C(I)\N=C/C. The molecule has 0 bridgehead atoms. The molecule has 0 unspecified atom stereocenters. The summed E-state index contributed by atoms with van der Waals surface area (Å²) in [6.07, 6.45) is 5.32. The number of hydrogen-bond acceptors (Lipinski definition) is 1. The van der Waals surface area contributed by atoms with Crippen LogP contribution in [0.3, 0.4) is 0 Å². The topological polar surface area (TPSA) is 12.4 Å². The second-order valence-electron chi connectivity index (χ2n) is 1.11. The summed E-state index contributed by atoms with van der Waals surface area (Å²) in [6.45, 7) is 5.41. The Morgan fingerprint density at radius 2 is 2.38 bits per heavy atom. The highest BCUT2D eigenvalue weighted by Crippen LogP contribution is 2.05. The van der Waals surface area contributed by atoms with Gasteiger partial charge in [0.05, 0.1) is 0 Å². The third-order valence-corrected chi connectivity index (χ3v) is 1.15. The Hall–Kier alpha value is -0.120. The largest absolute Gasteiger partial charge is 0.255 e. The zero-order valence-electron chi connectivity index (χ0n) is 4.76. The van der Waals surface area contributed by atoms with Crippen LogP contribution in [0.4, 0.5) is 0 Å². The van der Waals surface area contributed by atoms with Crippen LogP contribution in [0.15, 0.2) is 27.4 Å². The van der Waals surface area contributed by atoms with Crippen molar-refractivity contribution in [1.82, 2.24) is 0 Å². The lowest BCUT2D eigenvalue weighted by Crippen LogP contribution is -1.60. The molecule has 0 spiro atoms. The fourth-order valence-corrected chi connectivity index (χ4v) is 0.796. The van der Waals surface area contributed by atoms with Gasteiger partial charge >= 0.3 is 0 Å². The lowest BCUT2D eigenvalue weighted by molar-refractivity contribution is 1.56. The Morgan fingerprint density at radius 1 is 1.75 bits per heavy atom. The van der Waals surface area contributed by atoms with Crippen molar-refractivity contribution in [2.24, 2.45) is 4.99 Å². The van der Waals surface area contributed by atoms with Crippen molar-refractivity contribution in [2.75, 3.05) is 0 Å². The molecule has 0 fully saturated rings. The fraction of sp³-hybridized carbons (Fsp3) is 0.167. The molecular formula is C6H8IN. The normalized spacial score (nSPS) is 12.5. The van der Waals surface area contributed by atoms with Crippen LogP contribution >= 0.6 is 22.6 Å². The Balaban J connectivity index is 3.79. The molecule has 0 N–H and O–H groups in total. The second-order valence-corrected chi connectivity index (χ2v) is 2.22. The number of aliphatic imine (C=N–C) groups is 1. The summed E-state index contributed by atoms with van der Waals surface area (Å²) < 4.78 is 0.958. The molecule has 0 aliphatic heterocycles. The minimum Gasteiger partial charge on any atom is -0.255 e. The van der Waals surface area contributed by atoms with Crippen LogP contribution in [-0.4, -0.2) is 6.21 Å². The number of rotatable bonds is 2. The van der Waals surface area contributed by atoms with Gasteiger partial charge in [0, 0.05) is 6.21 Å². The number of allylic oxidation sites excluding steroid dienone is 2. The van der Waals surface area contributed by atoms with E-state index < -0.39 is 0 Å². The molecule has 0 rings (SSSR count). The molecule has 0 heterocycles. The van der Waals surface area contributed by atoms with Gasteiger partial charge in [0.1, 0.15) is 3.70 Å². The van der Waals surface area contributed by atoms with E-state index in [2.05, 4.69) is 34.2 Å². The highest BCUT2D eigenvalue weighted by atomic mass is 127. The first kappa shape index (κ1) is 7.88. The van der Waals surface area contributed by atoms with Crippen molar-refractivity contribution < 1.29 is 0 Å². The smallest absolute Gasteiger partial charge is 0.100 e.